The summed E-state index contributed by atoms with van der Waals surface area (Å²) < 4.78 is 38.9. The quantitative estimate of drug-likeness (QED) is 0.336. The van der Waals surface area contributed by atoms with Crippen LogP contribution in [0, 0.1) is 5.92 Å². The third-order valence-corrected chi connectivity index (χ3v) is 4.62. The number of hydrogen-bond acceptors (Lipinski definition) is 3. The van der Waals surface area contributed by atoms with E-state index in [2.05, 4.69) is 20.9 Å². The molecule has 1 aromatic rings. The van der Waals surface area contributed by atoms with Gasteiger partial charge < -0.3 is 21.1 Å². The molecule has 0 saturated heterocycles. The summed E-state index contributed by atoms with van der Waals surface area (Å²) >= 11 is 0. The van der Waals surface area contributed by atoms with E-state index in [-0.39, 0.29) is 43.6 Å². The highest BCUT2D eigenvalue weighted by molar-refractivity contribution is 5.94. The Morgan fingerprint density at radius 1 is 1.21 bits per heavy atom. The molecule has 2 atom stereocenters. The third kappa shape index (κ3) is 6.94. The van der Waals surface area contributed by atoms with Crippen LogP contribution in [0.1, 0.15) is 43.0 Å². The van der Waals surface area contributed by atoms with Crippen LogP contribution < -0.4 is 16.0 Å². The fourth-order valence-corrected chi connectivity index (χ4v) is 3.18. The number of hydrogen-bond donors (Lipinski definition) is 4. The molecule has 1 saturated carbocycles. The lowest BCUT2D eigenvalue weighted by atomic mass is 9.85. The molecule has 156 valence electrons. The predicted molar refractivity (Wildman–Crippen MR) is 101 cm³/mol. The topological polar surface area (TPSA) is 85.8 Å². The van der Waals surface area contributed by atoms with Crippen molar-refractivity contribution >= 4 is 11.9 Å². The molecule has 1 aromatic carbocycles. The first-order chi connectivity index (χ1) is 13.3. The normalized spacial score (nSPS) is 20.5. The Balaban J connectivity index is 1.83. The van der Waals surface area contributed by atoms with Gasteiger partial charge in [0, 0.05) is 24.7 Å². The van der Waals surface area contributed by atoms with Crippen molar-refractivity contribution in [3.05, 3.63) is 29.8 Å². The van der Waals surface area contributed by atoms with Gasteiger partial charge in [-0.05, 0) is 50.5 Å². The fourth-order valence-electron chi connectivity index (χ4n) is 3.18. The lowest BCUT2D eigenvalue weighted by Gasteiger charge is -2.31. The summed E-state index contributed by atoms with van der Waals surface area (Å²) in [5.74, 6) is -1.02. The number of rotatable bonds is 6. The van der Waals surface area contributed by atoms with E-state index in [1.807, 2.05) is 6.92 Å². The number of guanidine groups is 1. The number of aromatic hydroxyl groups is 1. The highest BCUT2D eigenvalue weighted by Crippen LogP contribution is 2.37. The van der Waals surface area contributed by atoms with E-state index in [0.717, 1.165) is 0 Å². The maximum absolute atomic E-state index is 13.0. The Morgan fingerprint density at radius 3 is 2.57 bits per heavy atom. The third-order valence-electron chi connectivity index (χ3n) is 4.62. The summed E-state index contributed by atoms with van der Waals surface area (Å²) in [6.07, 6.45) is -2.73. The van der Waals surface area contributed by atoms with E-state index in [4.69, 9.17) is 0 Å². The van der Waals surface area contributed by atoms with Gasteiger partial charge in [0.1, 0.15) is 5.75 Å². The Hall–Kier alpha value is -2.45. The Bertz CT molecular complexity index is 662. The molecule has 4 N–H and O–H groups in total. The van der Waals surface area contributed by atoms with Gasteiger partial charge >= 0.3 is 6.18 Å². The minimum atomic E-state index is -4.16. The van der Waals surface area contributed by atoms with Gasteiger partial charge in [0.15, 0.2) is 5.96 Å². The van der Waals surface area contributed by atoms with E-state index in [9.17, 15) is 23.1 Å². The summed E-state index contributed by atoms with van der Waals surface area (Å²) in [6, 6.07) is 5.61. The van der Waals surface area contributed by atoms with Crippen molar-refractivity contribution in [3.8, 4) is 5.75 Å². The van der Waals surface area contributed by atoms with Crippen molar-refractivity contribution in [1.82, 2.24) is 16.0 Å². The molecule has 0 bridgehead atoms. The van der Waals surface area contributed by atoms with Crippen molar-refractivity contribution in [3.63, 3.8) is 0 Å². The van der Waals surface area contributed by atoms with E-state index in [1.54, 1.807) is 0 Å². The zero-order valence-electron chi connectivity index (χ0n) is 15.9. The molecule has 28 heavy (non-hydrogen) atoms. The molecule has 1 amide bonds. The zero-order valence-corrected chi connectivity index (χ0v) is 15.9. The van der Waals surface area contributed by atoms with Gasteiger partial charge in [0.05, 0.1) is 12.5 Å². The number of amides is 1. The Kier molecular flexibility index (Phi) is 7.95. The molecule has 0 aromatic heterocycles. The largest absolute Gasteiger partial charge is 0.508 e. The number of phenolic OH excluding ortho intramolecular Hbond substituents is 1. The molecule has 2 unspecified atom stereocenters. The molecular weight excluding hydrogens is 373 g/mol. The number of phenols is 1. The van der Waals surface area contributed by atoms with Crippen LogP contribution >= 0.6 is 0 Å². The van der Waals surface area contributed by atoms with Crippen LogP contribution in [0.4, 0.5) is 13.2 Å². The number of nitrogens with one attached hydrogen (secondary N) is 3. The molecule has 2 rings (SSSR count). The summed E-state index contributed by atoms with van der Waals surface area (Å²) in [4.78, 5) is 16.3. The minimum absolute atomic E-state index is 0.0471. The van der Waals surface area contributed by atoms with Gasteiger partial charge in [-0.2, -0.15) is 13.2 Å². The lowest BCUT2D eigenvalue weighted by Crippen LogP contribution is -2.47. The summed E-state index contributed by atoms with van der Waals surface area (Å²) in [5, 5.41) is 18.1. The monoisotopic (exact) mass is 400 g/mol. The number of aliphatic imine (C=N–C) groups is 1. The maximum atomic E-state index is 13.0. The van der Waals surface area contributed by atoms with Crippen LogP contribution in [0.25, 0.3) is 0 Å². The molecule has 6 nitrogen and oxygen atoms in total. The van der Waals surface area contributed by atoms with E-state index in [0.29, 0.717) is 30.9 Å². The number of nitrogens with zero attached hydrogens (tertiary/aromatic N) is 1. The van der Waals surface area contributed by atoms with Crippen LogP contribution in [-0.2, 0) is 0 Å². The second kappa shape index (κ2) is 10.2. The molecule has 0 heterocycles. The summed E-state index contributed by atoms with van der Waals surface area (Å²) in [5.41, 5.74) is 0.423. The number of halogens is 3. The van der Waals surface area contributed by atoms with Crippen LogP contribution in [0.15, 0.2) is 29.3 Å². The van der Waals surface area contributed by atoms with Crippen molar-refractivity contribution in [2.45, 2.75) is 44.8 Å². The SMILES string of the molecule is CCNC(=NCCNC(=O)c1ccc(O)cc1)NC1CCCC(C(F)(F)F)C1. The maximum Gasteiger partial charge on any atom is 0.391 e. The first kappa shape index (κ1) is 21.8. The minimum Gasteiger partial charge on any atom is -0.508 e. The molecule has 1 aliphatic carbocycles. The van der Waals surface area contributed by atoms with Gasteiger partial charge in [-0.15, -0.1) is 0 Å². The highest BCUT2D eigenvalue weighted by Gasteiger charge is 2.42. The smallest absolute Gasteiger partial charge is 0.391 e. The first-order valence-electron chi connectivity index (χ1n) is 9.48. The predicted octanol–water partition coefficient (Wildman–Crippen LogP) is 2.80. The molecule has 0 radical (unpaired) electrons. The number of carbonyl (C=O) groups is 1. The fraction of sp³-hybridized carbons (Fsp3) is 0.579. The van der Waals surface area contributed by atoms with E-state index >= 15 is 0 Å². The van der Waals surface area contributed by atoms with E-state index < -0.39 is 12.1 Å². The van der Waals surface area contributed by atoms with Crippen LogP contribution in [0.2, 0.25) is 0 Å². The van der Waals surface area contributed by atoms with Gasteiger partial charge in [-0.3, -0.25) is 9.79 Å². The lowest BCUT2D eigenvalue weighted by molar-refractivity contribution is -0.183. The second-order valence-corrected chi connectivity index (χ2v) is 6.81. The van der Waals surface area contributed by atoms with Gasteiger partial charge in [-0.1, -0.05) is 6.42 Å². The second-order valence-electron chi connectivity index (χ2n) is 6.81. The van der Waals surface area contributed by atoms with Crippen LogP contribution in [0.3, 0.4) is 0 Å². The molecule has 0 spiro atoms. The number of carbonyl (C=O) groups excluding carboxylic acids is 1. The average molecular weight is 400 g/mol. The first-order valence-corrected chi connectivity index (χ1v) is 9.48. The molecular formula is C19H27F3N4O2. The highest BCUT2D eigenvalue weighted by atomic mass is 19.4. The van der Waals surface area contributed by atoms with Crippen molar-refractivity contribution in [2.24, 2.45) is 10.9 Å². The number of benzene rings is 1. The zero-order chi connectivity index (χ0) is 20.6. The average Bonchev–Trinajstić information content (AvgIpc) is 2.65. The van der Waals surface area contributed by atoms with Crippen molar-refractivity contribution < 1.29 is 23.1 Å². The molecule has 9 heteroatoms. The summed E-state index contributed by atoms with van der Waals surface area (Å²) in [6.45, 7) is 3.03. The van der Waals surface area contributed by atoms with Gasteiger partial charge in [-0.25, -0.2) is 0 Å². The number of alkyl halides is 3. The van der Waals surface area contributed by atoms with Gasteiger partial charge in [0.2, 0.25) is 0 Å². The van der Waals surface area contributed by atoms with Crippen molar-refractivity contribution in [2.75, 3.05) is 19.6 Å². The molecule has 1 aliphatic rings. The van der Waals surface area contributed by atoms with Crippen LogP contribution in [-0.4, -0.2) is 48.8 Å². The van der Waals surface area contributed by atoms with Crippen LogP contribution in [0.5, 0.6) is 5.75 Å². The van der Waals surface area contributed by atoms with E-state index in [1.165, 1.54) is 24.3 Å². The Labute approximate surface area is 162 Å². The van der Waals surface area contributed by atoms with Gasteiger partial charge in [0.25, 0.3) is 5.91 Å². The summed E-state index contributed by atoms with van der Waals surface area (Å²) in [7, 11) is 0. The standard InChI is InChI=1S/C19H27F3N4O2/c1-2-23-18(26-15-5-3-4-14(12-15)19(20,21)22)25-11-10-24-17(28)13-6-8-16(27)9-7-13/h6-9,14-15,27H,2-5,10-12H2,1H3,(H,24,28)(H2,23,25,26). The Morgan fingerprint density at radius 2 is 1.93 bits per heavy atom. The molecule has 0 aliphatic heterocycles. The molecule has 1 fully saturated rings. The van der Waals surface area contributed by atoms with Crippen molar-refractivity contribution in [1.29, 1.82) is 0 Å².